The predicted octanol–water partition coefficient (Wildman–Crippen LogP) is 3.91. The molecule has 2 N–H and O–H groups in total. The summed E-state index contributed by atoms with van der Waals surface area (Å²) in [5.41, 5.74) is 2.49. The molecule has 7 nitrogen and oxygen atoms in total. The Morgan fingerprint density at radius 2 is 1.94 bits per heavy atom. The SMILES string of the molecule is N#CCN1CCC(c2cccc(Nc3nc(C(=O)NCc4ccccc4)cs3)n2)CC1. The van der Waals surface area contributed by atoms with E-state index in [1.165, 1.54) is 11.3 Å². The lowest BCUT2D eigenvalue weighted by molar-refractivity contribution is 0.0946. The van der Waals surface area contributed by atoms with Crippen LogP contribution in [0.25, 0.3) is 0 Å². The zero-order valence-electron chi connectivity index (χ0n) is 17.1. The number of piperidine rings is 1. The molecule has 3 aromatic rings. The number of benzene rings is 1. The molecule has 1 aliphatic heterocycles. The van der Waals surface area contributed by atoms with Crippen molar-refractivity contribution in [1.82, 2.24) is 20.2 Å². The Hall–Kier alpha value is -3.28. The number of carbonyl (C=O) groups excluding carboxylic acids is 1. The van der Waals surface area contributed by atoms with E-state index in [1.807, 2.05) is 42.5 Å². The van der Waals surface area contributed by atoms with Gasteiger partial charge in [0.25, 0.3) is 5.91 Å². The summed E-state index contributed by atoms with van der Waals surface area (Å²) < 4.78 is 0. The van der Waals surface area contributed by atoms with Crippen LogP contribution in [0.4, 0.5) is 10.9 Å². The molecule has 4 rings (SSSR count). The van der Waals surface area contributed by atoms with Crippen molar-refractivity contribution in [2.45, 2.75) is 25.3 Å². The van der Waals surface area contributed by atoms with Crippen molar-refractivity contribution < 1.29 is 4.79 Å². The summed E-state index contributed by atoms with van der Waals surface area (Å²) in [6.45, 7) is 2.81. The van der Waals surface area contributed by atoms with Crippen LogP contribution in [0, 0.1) is 11.3 Å². The summed E-state index contributed by atoms with van der Waals surface area (Å²) in [6.07, 6.45) is 2.00. The Morgan fingerprint density at radius 3 is 2.71 bits per heavy atom. The average Bonchev–Trinajstić information content (AvgIpc) is 3.28. The molecule has 158 valence electrons. The number of nitrogens with zero attached hydrogens (tertiary/aromatic N) is 4. The van der Waals surface area contributed by atoms with E-state index in [0.717, 1.165) is 43.0 Å². The summed E-state index contributed by atoms with van der Waals surface area (Å²) >= 11 is 1.38. The number of carbonyl (C=O) groups is 1. The Morgan fingerprint density at radius 1 is 1.13 bits per heavy atom. The molecular formula is C23H24N6OS. The molecule has 0 bridgehead atoms. The summed E-state index contributed by atoms with van der Waals surface area (Å²) in [5, 5.41) is 17.4. The van der Waals surface area contributed by atoms with Gasteiger partial charge in [0.2, 0.25) is 0 Å². The van der Waals surface area contributed by atoms with E-state index in [1.54, 1.807) is 5.38 Å². The van der Waals surface area contributed by atoms with Crippen molar-refractivity contribution in [3.8, 4) is 6.07 Å². The third-order valence-electron chi connectivity index (χ3n) is 5.34. The monoisotopic (exact) mass is 432 g/mol. The second-order valence-electron chi connectivity index (χ2n) is 7.49. The van der Waals surface area contributed by atoms with Crippen LogP contribution in [-0.4, -0.2) is 40.4 Å². The molecular weight excluding hydrogens is 408 g/mol. The molecule has 0 radical (unpaired) electrons. The number of pyridine rings is 1. The number of likely N-dealkylation sites (tertiary alicyclic amines) is 1. The lowest BCUT2D eigenvalue weighted by Gasteiger charge is -2.29. The van der Waals surface area contributed by atoms with Gasteiger partial charge in [-0.15, -0.1) is 11.3 Å². The fraction of sp³-hybridized carbons (Fsp3) is 0.304. The molecule has 0 unspecified atom stereocenters. The Labute approximate surface area is 185 Å². The van der Waals surface area contributed by atoms with E-state index in [-0.39, 0.29) is 5.91 Å². The van der Waals surface area contributed by atoms with Crippen molar-refractivity contribution in [2.24, 2.45) is 0 Å². The fourth-order valence-corrected chi connectivity index (χ4v) is 4.35. The number of hydrogen-bond donors (Lipinski definition) is 2. The first kappa shape index (κ1) is 21.0. The van der Waals surface area contributed by atoms with Gasteiger partial charge in [0, 0.05) is 23.5 Å². The molecule has 1 aromatic carbocycles. The third kappa shape index (κ3) is 5.66. The summed E-state index contributed by atoms with van der Waals surface area (Å²) in [7, 11) is 0. The van der Waals surface area contributed by atoms with Gasteiger partial charge in [-0.1, -0.05) is 36.4 Å². The van der Waals surface area contributed by atoms with E-state index >= 15 is 0 Å². The first-order valence-electron chi connectivity index (χ1n) is 10.3. The zero-order chi connectivity index (χ0) is 21.5. The number of amides is 1. The smallest absolute Gasteiger partial charge is 0.271 e. The topological polar surface area (TPSA) is 93.9 Å². The summed E-state index contributed by atoms with van der Waals surface area (Å²) in [4.78, 5) is 23.7. The molecule has 0 saturated carbocycles. The minimum atomic E-state index is -0.195. The molecule has 0 atom stereocenters. The van der Waals surface area contributed by atoms with Gasteiger partial charge in [-0.05, 0) is 43.6 Å². The quantitative estimate of drug-likeness (QED) is 0.550. The number of rotatable bonds is 7. The fourth-order valence-electron chi connectivity index (χ4n) is 3.65. The lowest BCUT2D eigenvalue weighted by Crippen LogP contribution is -2.33. The second-order valence-corrected chi connectivity index (χ2v) is 8.35. The van der Waals surface area contributed by atoms with E-state index in [4.69, 9.17) is 10.2 Å². The maximum Gasteiger partial charge on any atom is 0.271 e. The van der Waals surface area contributed by atoms with Gasteiger partial charge in [-0.25, -0.2) is 9.97 Å². The van der Waals surface area contributed by atoms with Crippen molar-refractivity contribution in [3.05, 3.63) is 70.9 Å². The first-order valence-corrected chi connectivity index (χ1v) is 11.2. The van der Waals surface area contributed by atoms with E-state index in [2.05, 4.69) is 32.7 Å². The van der Waals surface area contributed by atoms with Crippen LogP contribution in [0.1, 0.15) is 40.5 Å². The van der Waals surface area contributed by atoms with Crippen molar-refractivity contribution in [2.75, 3.05) is 25.0 Å². The summed E-state index contributed by atoms with van der Waals surface area (Å²) in [5.74, 6) is 0.925. The van der Waals surface area contributed by atoms with Crippen LogP contribution in [0.2, 0.25) is 0 Å². The molecule has 31 heavy (non-hydrogen) atoms. The number of nitrogens with one attached hydrogen (secondary N) is 2. The van der Waals surface area contributed by atoms with Gasteiger partial charge in [-0.3, -0.25) is 9.69 Å². The van der Waals surface area contributed by atoms with Crippen molar-refractivity contribution in [1.29, 1.82) is 5.26 Å². The maximum absolute atomic E-state index is 12.4. The van der Waals surface area contributed by atoms with Gasteiger partial charge in [-0.2, -0.15) is 5.26 Å². The van der Waals surface area contributed by atoms with E-state index < -0.39 is 0 Å². The molecule has 0 aliphatic carbocycles. The minimum absolute atomic E-state index is 0.195. The third-order valence-corrected chi connectivity index (χ3v) is 6.10. The van der Waals surface area contributed by atoms with Gasteiger partial charge < -0.3 is 10.6 Å². The molecule has 1 aliphatic rings. The Balaban J connectivity index is 1.34. The summed E-state index contributed by atoms with van der Waals surface area (Å²) in [6, 6.07) is 18.0. The Bertz CT molecular complexity index is 1050. The number of hydrogen-bond acceptors (Lipinski definition) is 7. The molecule has 1 amide bonds. The number of aromatic nitrogens is 2. The largest absolute Gasteiger partial charge is 0.347 e. The molecule has 3 heterocycles. The van der Waals surface area contributed by atoms with Crippen LogP contribution in [-0.2, 0) is 6.54 Å². The average molecular weight is 433 g/mol. The van der Waals surface area contributed by atoms with Gasteiger partial charge in [0.05, 0.1) is 12.6 Å². The lowest BCUT2D eigenvalue weighted by atomic mass is 9.93. The number of nitriles is 1. The molecule has 1 fully saturated rings. The van der Waals surface area contributed by atoms with E-state index in [9.17, 15) is 4.79 Å². The van der Waals surface area contributed by atoms with Crippen LogP contribution in [0.15, 0.2) is 53.9 Å². The van der Waals surface area contributed by atoms with Crippen LogP contribution < -0.4 is 10.6 Å². The first-order chi connectivity index (χ1) is 15.2. The van der Waals surface area contributed by atoms with Gasteiger partial charge in [0.15, 0.2) is 5.13 Å². The van der Waals surface area contributed by atoms with Crippen LogP contribution >= 0.6 is 11.3 Å². The highest BCUT2D eigenvalue weighted by molar-refractivity contribution is 7.14. The van der Waals surface area contributed by atoms with Gasteiger partial charge in [0.1, 0.15) is 11.5 Å². The van der Waals surface area contributed by atoms with Gasteiger partial charge >= 0.3 is 0 Å². The molecule has 2 aromatic heterocycles. The maximum atomic E-state index is 12.4. The highest BCUT2D eigenvalue weighted by atomic mass is 32.1. The molecule has 1 saturated heterocycles. The molecule has 8 heteroatoms. The second kappa shape index (κ2) is 10.2. The van der Waals surface area contributed by atoms with Crippen LogP contribution in [0.3, 0.4) is 0 Å². The minimum Gasteiger partial charge on any atom is -0.347 e. The highest BCUT2D eigenvalue weighted by Crippen LogP contribution is 2.28. The van der Waals surface area contributed by atoms with Crippen molar-refractivity contribution in [3.63, 3.8) is 0 Å². The standard InChI is InChI=1S/C23H24N6OS/c24-11-14-29-12-9-18(10-13-29)19-7-4-8-21(26-19)28-23-27-20(16-31-23)22(30)25-15-17-5-2-1-3-6-17/h1-8,16,18H,9-10,12-15H2,(H,25,30)(H,26,27,28). The van der Waals surface area contributed by atoms with E-state index in [0.29, 0.717) is 29.8 Å². The Kier molecular flexibility index (Phi) is 6.87. The number of anilines is 2. The van der Waals surface area contributed by atoms with Crippen LogP contribution in [0.5, 0.6) is 0 Å². The zero-order valence-corrected chi connectivity index (χ0v) is 17.9. The predicted molar refractivity (Wildman–Crippen MR) is 121 cm³/mol. The normalized spacial score (nSPS) is 14.7. The molecule has 0 spiro atoms. The highest BCUT2D eigenvalue weighted by Gasteiger charge is 2.21. The number of thiazole rings is 1. The van der Waals surface area contributed by atoms with Crippen molar-refractivity contribution >= 4 is 28.2 Å².